The molecule has 1 aliphatic carbocycles. The van der Waals surface area contributed by atoms with E-state index >= 15 is 0 Å². The average Bonchev–Trinajstić information content (AvgIpc) is 3.15. The second-order valence-corrected chi connectivity index (χ2v) is 6.08. The van der Waals surface area contributed by atoms with Crippen LogP contribution in [0.3, 0.4) is 0 Å². The largest absolute Gasteiger partial charge is 0.338 e. The average molecular weight is 331 g/mol. The summed E-state index contributed by atoms with van der Waals surface area (Å²) >= 11 is 9.31. The number of rotatable bonds is 5. The molecule has 4 heteroatoms. The van der Waals surface area contributed by atoms with E-state index in [1.54, 1.807) is 18.2 Å². The lowest BCUT2D eigenvalue weighted by atomic mass is 10.2. The van der Waals surface area contributed by atoms with Crippen LogP contribution < -0.4 is 0 Å². The number of benzene rings is 1. The van der Waals surface area contributed by atoms with Crippen molar-refractivity contribution >= 4 is 33.4 Å². The molecular weight excluding hydrogens is 314 g/mol. The van der Waals surface area contributed by atoms with Crippen molar-refractivity contribution in [2.45, 2.75) is 26.2 Å². The minimum Gasteiger partial charge on any atom is -0.338 e. The van der Waals surface area contributed by atoms with Gasteiger partial charge in [-0.1, -0.05) is 18.5 Å². The molecule has 0 saturated heterocycles. The van der Waals surface area contributed by atoms with Gasteiger partial charge in [-0.15, -0.1) is 0 Å². The van der Waals surface area contributed by atoms with Crippen molar-refractivity contribution in [2.24, 2.45) is 5.92 Å². The molecule has 1 fully saturated rings. The molecule has 0 aromatic heterocycles. The number of halogens is 2. The zero-order chi connectivity index (χ0) is 13.1. The molecule has 0 N–H and O–H groups in total. The zero-order valence-corrected chi connectivity index (χ0v) is 12.8. The van der Waals surface area contributed by atoms with Gasteiger partial charge in [0.2, 0.25) is 0 Å². The number of carbonyl (C=O) groups is 1. The van der Waals surface area contributed by atoms with E-state index in [2.05, 4.69) is 22.9 Å². The van der Waals surface area contributed by atoms with Crippen LogP contribution in [0.25, 0.3) is 0 Å². The highest BCUT2D eigenvalue weighted by Gasteiger charge is 2.26. The van der Waals surface area contributed by atoms with Gasteiger partial charge in [-0.25, -0.2) is 0 Å². The molecule has 18 heavy (non-hydrogen) atoms. The summed E-state index contributed by atoms with van der Waals surface area (Å²) in [6, 6.07) is 5.37. The molecule has 1 aromatic carbocycles. The summed E-state index contributed by atoms with van der Waals surface area (Å²) in [5.74, 6) is 0.831. The fourth-order valence-electron chi connectivity index (χ4n) is 1.97. The maximum absolute atomic E-state index is 12.4. The van der Waals surface area contributed by atoms with E-state index in [0.717, 1.165) is 29.9 Å². The molecule has 0 aliphatic heterocycles. The summed E-state index contributed by atoms with van der Waals surface area (Å²) in [6.45, 7) is 3.83. The van der Waals surface area contributed by atoms with E-state index in [9.17, 15) is 4.79 Å². The quantitative estimate of drug-likeness (QED) is 0.785. The van der Waals surface area contributed by atoms with Crippen LogP contribution in [0.5, 0.6) is 0 Å². The van der Waals surface area contributed by atoms with Gasteiger partial charge in [-0.3, -0.25) is 4.79 Å². The smallest absolute Gasteiger partial charge is 0.253 e. The van der Waals surface area contributed by atoms with E-state index in [0.29, 0.717) is 10.6 Å². The van der Waals surface area contributed by atoms with Crippen molar-refractivity contribution in [3.63, 3.8) is 0 Å². The lowest BCUT2D eigenvalue weighted by Gasteiger charge is -2.22. The Morgan fingerprint density at radius 3 is 2.78 bits per heavy atom. The predicted octanol–water partition coefficient (Wildman–Crippen LogP) is 4.36. The molecule has 0 bridgehead atoms. The van der Waals surface area contributed by atoms with Crippen LogP contribution in [-0.2, 0) is 0 Å². The fraction of sp³-hybridized carbons (Fsp3) is 0.500. The Kier molecular flexibility index (Phi) is 4.68. The minimum atomic E-state index is 0.112. The number of nitrogens with zero attached hydrogens (tertiary/aromatic N) is 1. The topological polar surface area (TPSA) is 20.3 Å². The van der Waals surface area contributed by atoms with Crippen LogP contribution in [0, 0.1) is 5.92 Å². The molecule has 1 saturated carbocycles. The molecule has 0 heterocycles. The monoisotopic (exact) mass is 329 g/mol. The molecule has 1 amide bonds. The lowest BCUT2D eigenvalue weighted by Crippen LogP contribution is -2.33. The first-order valence-electron chi connectivity index (χ1n) is 6.36. The second-order valence-electron chi connectivity index (χ2n) is 4.82. The van der Waals surface area contributed by atoms with Crippen molar-refractivity contribution in [3.05, 3.63) is 33.3 Å². The van der Waals surface area contributed by atoms with Crippen molar-refractivity contribution in [1.29, 1.82) is 0 Å². The van der Waals surface area contributed by atoms with Crippen molar-refractivity contribution in [3.8, 4) is 0 Å². The van der Waals surface area contributed by atoms with Gasteiger partial charge in [0.15, 0.2) is 0 Å². The van der Waals surface area contributed by atoms with E-state index in [-0.39, 0.29) is 5.91 Å². The van der Waals surface area contributed by atoms with Gasteiger partial charge in [-0.2, -0.15) is 0 Å². The summed E-state index contributed by atoms with van der Waals surface area (Å²) in [7, 11) is 0. The Balaban J connectivity index is 2.12. The summed E-state index contributed by atoms with van der Waals surface area (Å²) in [5, 5.41) is 0.635. The third-order valence-corrected chi connectivity index (χ3v) is 4.34. The first-order valence-corrected chi connectivity index (χ1v) is 7.53. The molecule has 1 aromatic rings. The predicted molar refractivity (Wildman–Crippen MR) is 78.1 cm³/mol. The summed E-state index contributed by atoms with van der Waals surface area (Å²) in [6.07, 6.45) is 3.52. The Morgan fingerprint density at radius 1 is 1.50 bits per heavy atom. The number of hydrogen-bond acceptors (Lipinski definition) is 1. The van der Waals surface area contributed by atoms with Gasteiger partial charge >= 0.3 is 0 Å². The van der Waals surface area contributed by atoms with E-state index in [1.165, 1.54) is 12.8 Å². The van der Waals surface area contributed by atoms with Crippen molar-refractivity contribution in [2.75, 3.05) is 13.1 Å². The van der Waals surface area contributed by atoms with Crippen LogP contribution in [0.15, 0.2) is 22.7 Å². The van der Waals surface area contributed by atoms with Gasteiger partial charge in [0, 0.05) is 23.1 Å². The van der Waals surface area contributed by atoms with Crippen LogP contribution in [0.2, 0.25) is 5.02 Å². The van der Waals surface area contributed by atoms with E-state index in [4.69, 9.17) is 11.6 Å². The minimum absolute atomic E-state index is 0.112. The number of hydrogen-bond donors (Lipinski definition) is 0. The summed E-state index contributed by atoms with van der Waals surface area (Å²) in [5.41, 5.74) is 0.709. The second kappa shape index (κ2) is 6.07. The van der Waals surface area contributed by atoms with E-state index in [1.807, 2.05) is 4.90 Å². The van der Waals surface area contributed by atoms with Crippen molar-refractivity contribution in [1.82, 2.24) is 4.90 Å². The molecule has 0 radical (unpaired) electrons. The molecule has 1 aliphatic rings. The van der Waals surface area contributed by atoms with Gasteiger partial charge in [0.1, 0.15) is 0 Å². The normalized spacial score (nSPS) is 14.6. The molecule has 2 nitrogen and oxygen atoms in total. The third kappa shape index (κ3) is 3.48. The maximum Gasteiger partial charge on any atom is 0.253 e. The Morgan fingerprint density at radius 2 is 2.22 bits per heavy atom. The Labute approximate surface area is 121 Å². The molecule has 0 spiro atoms. The van der Waals surface area contributed by atoms with Crippen LogP contribution in [-0.4, -0.2) is 23.9 Å². The highest BCUT2D eigenvalue weighted by atomic mass is 79.9. The van der Waals surface area contributed by atoms with Crippen LogP contribution >= 0.6 is 27.5 Å². The highest BCUT2D eigenvalue weighted by molar-refractivity contribution is 9.10. The number of amides is 1. The first kappa shape index (κ1) is 13.9. The molecule has 0 unspecified atom stereocenters. The third-order valence-electron chi connectivity index (χ3n) is 3.12. The van der Waals surface area contributed by atoms with Gasteiger partial charge < -0.3 is 4.90 Å². The fourth-order valence-corrected chi connectivity index (χ4v) is 2.47. The van der Waals surface area contributed by atoms with Gasteiger partial charge in [0.05, 0.1) is 5.02 Å². The van der Waals surface area contributed by atoms with E-state index < -0.39 is 0 Å². The Bertz CT molecular complexity index is 445. The zero-order valence-electron chi connectivity index (χ0n) is 10.5. The summed E-state index contributed by atoms with van der Waals surface area (Å²) in [4.78, 5) is 14.4. The van der Waals surface area contributed by atoms with Crippen molar-refractivity contribution < 1.29 is 4.79 Å². The first-order chi connectivity index (χ1) is 8.61. The molecule has 98 valence electrons. The van der Waals surface area contributed by atoms with Crippen LogP contribution in [0.4, 0.5) is 0 Å². The molecular formula is C14H17BrClNO. The summed E-state index contributed by atoms with van der Waals surface area (Å²) < 4.78 is 0.776. The maximum atomic E-state index is 12.4. The van der Waals surface area contributed by atoms with Crippen LogP contribution in [0.1, 0.15) is 36.5 Å². The molecule has 2 rings (SSSR count). The highest BCUT2D eigenvalue weighted by Crippen LogP contribution is 2.30. The SMILES string of the molecule is CCCN(CC1CC1)C(=O)c1ccc(Cl)c(Br)c1. The number of carbonyl (C=O) groups excluding carboxylic acids is 1. The standard InChI is InChI=1S/C14H17BrClNO/c1-2-7-17(9-10-3-4-10)14(18)11-5-6-13(16)12(15)8-11/h5-6,8,10H,2-4,7,9H2,1H3. The van der Waals surface area contributed by atoms with Gasteiger partial charge in [0.25, 0.3) is 5.91 Å². The lowest BCUT2D eigenvalue weighted by molar-refractivity contribution is 0.0747. The Hall–Kier alpha value is -0.540. The van der Waals surface area contributed by atoms with Gasteiger partial charge in [-0.05, 0) is 59.3 Å². The molecule has 0 atom stereocenters.